The highest BCUT2D eigenvalue weighted by Crippen LogP contribution is 2.28. The molecule has 1 atom stereocenters. The fourth-order valence-electron chi connectivity index (χ4n) is 3.61. The molecule has 1 aliphatic heterocycles. The van der Waals surface area contributed by atoms with Crippen LogP contribution in [0.1, 0.15) is 41.0 Å². The van der Waals surface area contributed by atoms with Gasteiger partial charge in [-0.15, -0.1) is 0 Å². The molecule has 0 aromatic carbocycles. The minimum absolute atomic E-state index is 0.0262. The number of furan rings is 1. The van der Waals surface area contributed by atoms with Crippen LogP contribution in [0.15, 0.2) is 41.0 Å². The van der Waals surface area contributed by atoms with Crippen LogP contribution in [0, 0.1) is 20.8 Å². The Hall–Kier alpha value is -3.55. The van der Waals surface area contributed by atoms with Crippen molar-refractivity contribution >= 4 is 23.7 Å². The smallest absolute Gasteiger partial charge is 0.246 e. The van der Waals surface area contributed by atoms with Crippen LogP contribution in [-0.2, 0) is 4.79 Å². The minimum atomic E-state index is -0.0262. The average Bonchev–Trinajstić information content (AvgIpc) is 3.37. The molecule has 0 saturated carbocycles. The summed E-state index contributed by atoms with van der Waals surface area (Å²) in [7, 11) is 0. The number of likely N-dealkylation sites (tertiary alicyclic amines) is 1. The monoisotopic (exact) mass is 404 g/mol. The van der Waals surface area contributed by atoms with E-state index in [1.807, 2.05) is 43.9 Å². The van der Waals surface area contributed by atoms with Crippen molar-refractivity contribution in [2.45, 2.75) is 33.1 Å². The van der Waals surface area contributed by atoms with E-state index in [4.69, 9.17) is 4.42 Å². The number of nitrogens with zero attached hydrogens (tertiary/aromatic N) is 5. The molecule has 1 saturated heterocycles. The first-order chi connectivity index (χ1) is 14.5. The van der Waals surface area contributed by atoms with Gasteiger partial charge in [-0.05, 0) is 51.5 Å². The van der Waals surface area contributed by atoms with E-state index in [0.29, 0.717) is 36.4 Å². The molecule has 8 heteroatoms. The zero-order chi connectivity index (χ0) is 21.1. The fourth-order valence-corrected chi connectivity index (χ4v) is 3.61. The third-order valence-corrected chi connectivity index (χ3v) is 4.93. The van der Waals surface area contributed by atoms with Crippen molar-refractivity contribution in [1.29, 1.82) is 0 Å². The highest BCUT2D eigenvalue weighted by Gasteiger charge is 2.28. The number of aromatic nitrogens is 4. The first-order valence-corrected chi connectivity index (χ1v) is 9.91. The quantitative estimate of drug-likeness (QED) is 0.649. The Labute approximate surface area is 175 Å². The van der Waals surface area contributed by atoms with E-state index < -0.39 is 0 Å². The van der Waals surface area contributed by atoms with Gasteiger partial charge in [-0.3, -0.25) is 4.79 Å². The van der Waals surface area contributed by atoms with Gasteiger partial charge in [0.05, 0.1) is 12.0 Å². The predicted octanol–water partition coefficient (Wildman–Crippen LogP) is 3.56. The second-order valence-corrected chi connectivity index (χ2v) is 7.44. The summed E-state index contributed by atoms with van der Waals surface area (Å²) in [4.78, 5) is 32.2. The van der Waals surface area contributed by atoms with Gasteiger partial charge in [-0.1, -0.05) is 0 Å². The van der Waals surface area contributed by atoms with Crippen LogP contribution in [0.25, 0.3) is 6.08 Å². The van der Waals surface area contributed by atoms with Crippen LogP contribution in [0.2, 0.25) is 0 Å². The molecule has 4 rings (SSSR count). The Kier molecular flexibility index (Phi) is 5.56. The first-order valence-electron chi connectivity index (χ1n) is 9.91. The van der Waals surface area contributed by atoms with Crippen LogP contribution in [0.4, 0.5) is 11.8 Å². The summed E-state index contributed by atoms with van der Waals surface area (Å²) in [6.07, 6.45) is 5.69. The molecule has 0 bridgehead atoms. The molecule has 4 heterocycles. The number of carbonyl (C=O) groups is 1. The summed E-state index contributed by atoms with van der Waals surface area (Å²) in [5.74, 6) is 2.64. The van der Waals surface area contributed by atoms with Gasteiger partial charge in [0.1, 0.15) is 17.4 Å². The highest BCUT2D eigenvalue weighted by molar-refractivity contribution is 5.91. The fraction of sp³-hybridized carbons (Fsp3) is 0.318. The number of hydrogen-bond acceptors (Lipinski definition) is 7. The summed E-state index contributed by atoms with van der Waals surface area (Å²) in [6.45, 7) is 7.04. The third kappa shape index (κ3) is 4.71. The number of nitrogens with one attached hydrogen (secondary N) is 1. The van der Waals surface area contributed by atoms with Crippen molar-refractivity contribution in [1.82, 2.24) is 24.8 Å². The van der Waals surface area contributed by atoms with Gasteiger partial charge in [0.15, 0.2) is 0 Å². The SMILES string of the molecule is Cc1cc(C)nc(Nc2cc([C@@H]3CCN(C(=O)/C=C/c4ccco4)C3)nc(C)n2)n1. The van der Waals surface area contributed by atoms with E-state index in [2.05, 4.69) is 25.3 Å². The topological polar surface area (TPSA) is 97.0 Å². The standard InChI is InChI=1S/C22H24N6O2/c1-14-11-15(2)24-22(23-14)27-20-12-19(25-16(3)26-20)17-8-9-28(13-17)21(29)7-6-18-5-4-10-30-18/h4-7,10-12,17H,8-9,13H2,1-3H3,(H,23,24,25,26,27)/b7-6+/t17-/m1/s1. The Morgan fingerprint density at radius 2 is 1.97 bits per heavy atom. The molecule has 1 amide bonds. The molecule has 1 aliphatic rings. The molecule has 3 aromatic heterocycles. The Balaban J connectivity index is 1.46. The van der Waals surface area contributed by atoms with Crippen LogP contribution < -0.4 is 5.32 Å². The number of rotatable bonds is 5. The molecule has 0 radical (unpaired) electrons. The Morgan fingerprint density at radius 1 is 1.17 bits per heavy atom. The first kappa shape index (κ1) is 19.8. The summed E-state index contributed by atoms with van der Waals surface area (Å²) in [5, 5.41) is 3.18. The molecule has 0 unspecified atom stereocenters. The van der Waals surface area contributed by atoms with E-state index in [-0.39, 0.29) is 11.8 Å². The van der Waals surface area contributed by atoms with Gasteiger partial charge < -0.3 is 14.6 Å². The summed E-state index contributed by atoms with van der Waals surface area (Å²) >= 11 is 0. The Morgan fingerprint density at radius 3 is 2.70 bits per heavy atom. The van der Waals surface area contributed by atoms with Crippen molar-refractivity contribution in [2.24, 2.45) is 0 Å². The van der Waals surface area contributed by atoms with Gasteiger partial charge in [0, 0.05) is 42.5 Å². The van der Waals surface area contributed by atoms with Crippen LogP contribution in [0.5, 0.6) is 0 Å². The van der Waals surface area contributed by atoms with Crippen molar-refractivity contribution in [3.63, 3.8) is 0 Å². The summed E-state index contributed by atoms with van der Waals surface area (Å²) in [5.41, 5.74) is 2.70. The maximum Gasteiger partial charge on any atom is 0.246 e. The lowest BCUT2D eigenvalue weighted by atomic mass is 10.0. The van der Waals surface area contributed by atoms with Crippen LogP contribution in [-0.4, -0.2) is 43.8 Å². The molecular weight excluding hydrogens is 380 g/mol. The zero-order valence-corrected chi connectivity index (χ0v) is 17.3. The molecule has 30 heavy (non-hydrogen) atoms. The van der Waals surface area contributed by atoms with E-state index >= 15 is 0 Å². The van der Waals surface area contributed by atoms with Crippen molar-refractivity contribution < 1.29 is 9.21 Å². The van der Waals surface area contributed by atoms with Crippen LogP contribution in [0.3, 0.4) is 0 Å². The summed E-state index contributed by atoms with van der Waals surface area (Å²) in [6, 6.07) is 7.45. The van der Waals surface area contributed by atoms with Crippen molar-refractivity contribution in [3.8, 4) is 0 Å². The lowest BCUT2D eigenvalue weighted by Gasteiger charge is -2.15. The largest absolute Gasteiger partial charge is 0.465 e. The highest BCUT2D eigenvalue weighted by atomic mass is 16.3. The number of aryl methyl sites for hydroxylation is 3. The molecule has 1 fully saturated rings. The van der Waals surface area contributed by atoms with E-state index in [9.17, 15) is 4.79 Å². The lowest BCUT2D eigenvalue weighted by Crippen LogP contribution is -2.26. The minimum Gasteiger partial charge on any atom is -0.465 e. The molecule has 0 spiro atoms. The predicted molar refractivity (Wildman–Crippen MR) is 113 cm³/mol. The second-order valence-electron chi connectivity index (χ2n) is 7.44. The van der Waals surface area contributed by atoms with Gasteiger partial charge in [0.25, 0.3) is 0 Å². The molecule has 1 N–H and O–H groups in total. The zero-order valence-electron chi connectivity index (χ0n) is 17.3. The average molecular weight is 404 g/mol. The van der Waals surface area contributed by atoms with E-state index in [1.165, 1.54) is 0 Å². The van der Waals surface area contributed by atoms with Crippen molar-refractivity contribution in [2.75, 3.05) is 18.4 Å². The molecular formula is C22H24N6O2. The molecule has 154 valence electrons. The number of anilines is 2. The number of carbonyl (C=O) groups excluding carboxylic acids is 1. The van der Waals surface area contributed by atoms with Gasteiger partial charge in [-0.2, -0.15) is 0 Å². The maximum atomic E-state index is 12.5. The van der Waals surface area contributed by atoms with Crippen molar-refractivity contribution in [3.05, 3.63) is 65.3 Å². The maximum absolute atomic E-state index is 12.5. The Bertz CT molecular complexity index is 1060. The normalized spacial score (nSPS) is 16.4. The van der Waals surface area contributed by atoms with Gasteiger partial charge >= 0.3 is 0 Å². The number of hydrogen-bond donors (Lipinski definition) is 1. The lowest BCUT2D eigenvalue weighted by molar-refractivity contribution is -0.124. The summed E-state index contributed by atoms with van der Waals surface area (Å²) < 4.78 is 5.24. The number of amides is 1. The third-order valence-electron chi connectivity index (χ3n) is 4.93. The second kappa shape index (κ2) is 8.44. The molecule has 3 aromatic rings. The van der Waals surface area contributed by atoms with E-state index in [0.717, 1.165) is 23.5 Å². The van der Waals surface area contributed by atoms with Gasteiger partial charge in [0.2, 0.25) is 11.9 Å². The molecule has 8 nitrogen and oxygen atoms in total. The van der Waals surface area contributed by atoms with Crippen LogP contribution >= 0.6 is 0 Å². The van der Waals surface area contributed by atoms with Gasteiger partial charge in [-0.25, -0.2) is 19.9 Å². The molecule has 0 aliphatic carbocycles. The van der Waals surface area contributed by atoms with E-state index in [1.54, 1.807) is 24.5 Å².